The van der Waals surface area contributed by atoms with E-state index in [2.05, 4.69) is 21.2 Å². The minimum Gasteiger partial charge on any atom is -0.495 e. The standard InChI is InChI=1S/C30H35BrClN3O5S/c1-30(2,3)33-29(37)26(17-21-10-7-6-8-11-21)34(19-22-12-9-13-23(31)16-22)28(36)20-35(41(5,38)39)25-18-24(32)14-15-27(25)40-4/h6-16,18,26H,17,19-20H2,1-5H3,(H,33,37). The average molecular weight is 665 g/mol. The first kappa shape index (κ1) is 32.4. The molecule has 41 heavy (non-hydrogen) atoms. The average Bonchev–Trinajstić information content (AvgIpc) is 2.88. The second-order valence-corrected chi connectivity index (χ2v) is 13.9. The third kappa shape index (κ3) is 9.48. The lowest BCUT2D eigenvalue weighted by molar-refractivity contribution is -0.140. The molecule has 0 spiro atoms. The van der Waals surface area contributed by atoms with Crippen LogP contribution in [0.1, 0.15) is 31.9 Å². The molecule has 3 aromatic rings. The minimum atomic E-state index is -3.97. The van der Waals surface area contributed by atoms with Gasteiger partial charge in [-0.05, 0) is 62.2 Å². The van der Waals surface area contributed by atoms with Crippen molar-refractivity contribution in [1.29, 1.82) is 0 Å². The Labute approximate surface area is 255 Å². The van der Waals surface area contributed by atoms with E-state index in [0.29, 0.717) is 0 Å². The fourth-order valence-corrected chi connectivity index (χ4v) is 5.75. The van der Waals surface area contributed by atoms with Gasteiger partial charge >= 0.3 is 0 Å². The molecule has 0 bridgehead atoms. The molecule has 0 aliphatic rings. The molecule has 220 valence electrons. The van der Waals surface area contributed by atoms with Crippen LogP contribution in [0, 0.1) is 0 Å². The largest absolute Gasteiger partial charge is 0.495 e. The fraction of sp³-hybridized carbons (Fsp3) is 0.333. The summed E-state index contributed by atoms with van der Waals surface area (Å²) in [6.07, 6.45) is 1.23. The Bertz CT molecular complexity index is 1480. The monoisotopic (exact) mass is 663 g/mol. The van der Waals surface area contributed by atoms with Gasteiger partial charge in [0.25, 0.3) is 0 Å². The molecule has 0 heterocycles. The molecule has 2 amide bonds. The number of amides is 2. The van der Waals surface area contributed by atoms with Gasteiger partial charge in [-0.15, -0.1) is 0 Å². The van der Waals surface area contributed by atoms with Crippen molar-refractivity contribution in [2.24, 2.45) is 0 Å². The van der Waals surface area contributed by atoms with E-state index in [-0.39, 0.29) is 35.3 Å². The van der Waals surface area contributed by atoms with Crippen LogP contribution < -0.4 is 14.4 Å². The highest BCUT2D eigenvalue weighted by molar-refractivity contribution is 9.10. The molecule has 8 nitrogen and oxygen atoms in total. The van der Waals surface area contributed by atoms with E-state index in [9.17, 15) is 18.0 Å². The van der Waals surface area contributed by atoms with Crippen molar-refractivity contribution in [3.8, 4) is 5.75 Å². The van der Waals surface area contributed by atoms with Gasteiger partial charge in [0, 0.05) is 28.0 Å². The Hall–Kier alpha value is -3.08. The van der Waals surface area contributed by atoms with Crippen LogP contribution in [0.25, 0.3) is 0 Å². The summed E-state index contributed by atoms with van der Waals surface area (Å²) in [5.74, 6) is -0.684. The number of benzene rings is 3. The molecule has 3 aromatic carbocycles. The van der Waals surface area contributed by atoms with E-state index in [0.717, 1.165) is 26.2 Å². The van der Waals surface area contributed by atoms with E-state index in [1.807, 2.05) is 75.4 Å². The summed E-state index contributed by atoms with van der Waals surface area (Å²) in [6.45, 7) is 5.08. The summed E-state index contributed by atoms with van der Waals surface area (Å²) >= 11 is 9.67. The maximum atomic E-state index is 14.2. The molecule has 3 rings (SSSR count). The van der Waals surface area contributed by atoms with Gasteiger partial charge in [0.05, 0.1) is 19.1 Å². The van der Waals surface area contributed by atoms with Crippen LogP contribution in [0.15, 0.2) is 77.3 Å². The molecule has 1 atom stereocenters. The number of nitrogens with one attached hydrogen (secondary N) is 1. The SMILES string of the molecule is COc1ccc(Cl)cc1N(CC(=O)N(Cc1cccc(Br)c1)C(Cc1ccccc1)C(=O)NC(C)(C)C)S(C)(=O)=O. The Kier molecular flexibility index (Phi) is 10.9. The quantitative estimate of drug-likeness (QED) is 0.295. The molecular formula is C30H35BrClN3O5S. The van der Waals surface area contributed by atoms with Crippen molar-refractivity contribution < 1.29 is 22.7 Å². The van der Waals surface area contributed by atoms with Gasteiger partial charge in [-0.25, -0.2) is 8.42 Å². The smallest absolute Gasteiger partial charge is 0.244 e. The number of halogens is 2. The number of carbonyl (C=O) groups is 2. The highest BCUT2D eigenvalue weighted by atomic mass is 79.9. The summed E-state index contributed by atoms with van der Waals surface area (Å²) in [5, 5.41) is 3.28. The molecule has 0 saturated carbocycles. The second-order valence-electron chi connectivity index (χ2n) is 10.7. The number of nitrogens with zero attached hydrogens (tertiary/aromatic N) is 2. The van der Waals surface area contributed by atoms with Gasteiger partial charge in [-0.3, -0.25) is 13.9 Å². The van der Waals surface area contributed by atoms with Gasteiger partial charge in [0.2, 0.25) is 21.8 Å². The molecule has 11 heteroatoms. The van der Waals surface area contributed by atoms with E-state index < -0.39 is 34.1 Å². The molecule has 1 N–H and O–H groups in total. The van der Waals surface area contributed by atoms with Gasteiger partial charge in [0.1, 0.15) is 18.3 Å². The number of rotatable bonds is 11. The van der Waals surface area contributed by atoms with Crippen LogP contribution in [0.4, 0.5) is 5.69 Å². The van der Waals surface area contributed by atoms with Crippen LogP contribution >= 0.6 is 27.5 Å². The van der Waals surface area contributed by atoms with E-state index in [1.54, 1.807) is 6.07 Å². The summed E-state index contributed by atoms with van der Waals surface area (Å²) in [5.41, 5.74) is 1.17. The minimum absolute atomic E-state index is 0.0671. The maximum absolute atomic E-state index is 14.2. The third-order valence-corrected chi connectivity index (χ3v) is 7.95. The summed E-state index contributed by atoms with van der Waals surface area (Å²) in [4.78, 5) is 29.4. The van der Waals surface area contributed by atoms with Crippen LogP contribution in [0.3, 0.4) is 0 Å². The first-order valence-electron chi connectivity index (χ1n) is 12.9. The maximum Gasteiger partial charge on any atom is 0.244 e. The summed E-state index contributed by atoms with van der Waals surface area (Å²) in [6, 6.07) is 20.4. The topological polar surface area (TPSA) is 96.0 Å². The molecular weight excluding hydrogens is 630 g/mol. The number of methoxy groups -OCH3 is 1. The zero-order chi connectivity index (χ0) is 30.4. The highest BCUT2D eigenvalue weighted by Crippen LogP contribution is 2.33. The van der Waals surface area contributed by atoms with Crippen molar-refractivity contribution in [2.45, 2.75) is 45.3 Å². The first-order chi connectivity index (χ1) is 19.2. The number of ether oxygens (including phenoxy) is 1. The molecule has 0 aliphatic heterocycles. The molecule has 0 aliphatic carbocycles. The molecule has 0 aromatic heterocycles. The van der Waals surface area contributed by atoms with Crippen molar-refractivity contribution >= 4 is 55.1 Å². The molecule has 0 fully saturated rings. The first-order valence-corrected chi connectivity index (χ1v) is 15.9. The lowest BCUT2D eigenvalue weighted by atomic mass is 10.0. The number of sulfonamides is 1. The van der Waals surface area contributed by atoms with Crippen LogP contribution in [-0.2, 0) is 32.6 Å². The lowest BCUT2D eigenvalue weighted by Gasteiger charge is -2.35. The number of anilines is 1. The predicted molar refractivity (Wildman–Crippen MR) is 167 cm³/mol. The molecule has 0 radical (unpaired) electrons. The lowest BCUT2D eigenvalue weighted by Crippen LogP contribution is -2.56. The third-order valence-electron chi connectivity index (χ3n) is 6.10. The van der Waals surface area contributed by atoms with E-state index >= 15 is 0 Å². The molecule has 1 unspecified atom stereocenters. The van der Waals surface area contributed by atoms with Crippen molar-refractivity contribution in [3.05, 3.63) is 93.4 Å². The summed E-state index contributed by atoms with van der Waals surface area (Å²) in [7, 11) is -2.57. The van der Waals surface area contributed by atoms with Crippen LogP contribution in [-0.4, -0.2) is 56.6 Å². The molecule has 0 saturated heterocycles. The second kappa shape index (κ2) is 13.7. The van der Waals surface area contributed by atoms with E-state index in [4.69, 9.17) is 16.3 Å². The van der Waals surface area contributed by atoms with Gasteiger partial charge in [-0.2, -0.15) is 0 Å². The Balaban J connectivity index is 2.12. The normalized spacial score (nSPS) is 12.4. The number of carbonyl (C=O) groups excluding carboxylic acids is 2. The predicted octanol–water partition coefficient (Wildman–Crippen LogP) is 5.43. The Morgan fingerprint density at radius 1 is 1.00 bits per heavy atom. The van der Waals surface area contributed by atoms with Crippen molar-refractivity contribution in [3.63, 3.8) is 0 Å². The number of hydrogen-bond acceptors (Lipinski definition) is 5. The Morgan fingerprint density at radius 2 is 1.66 bits per heavy atom. The Morgan fingerprint density at radius 3 is 2.24 bits per heavy atom. The van der Waals surface area contributed by atoms with E-state index in [1.165, 1.54) is 24.1 Å². The summed E-state index contributed by atoms with van der Waals surface area (Å²) < 4.78 is 33.2. The van der Waals surface area contributed by atoms with Gasteiger partial charge in [0.15, 0.2) is 0 Å². The highest BCUT2D eigenvalue weighted by Gasteiger charge is 2.35. The van der Waals surface area contributed by atoms with Crippen molar-refractivity contribution in [1.82, 2.24) is 10.2 Å². The zero-order valence-corrected chi connectivity index (χ0v) is 26.9. The zero-order valence-electron chi connectivity index (χ0n) is 23.7. The van der Waals surface area contributed by atoms with Crippen LogP contribution in [0.2, 0.25) is 5.02 Å². The fourth-order valence-electron chi connectivity index (χ4n) is 4.29. The van der Waals surface area contributed by atoms with Gasteiger partial charge < -0.3 is 15.0 Å². The number of hydrogen-bond donors (Lipinski definition) is 1. The van der Waals surface area contributed by atoms with Crippen molar-refractivity contribution in [2.75, 3.05) is 24.2 Å². The van der Waals surface area contributed by atoms with Gasteiger partial charge in [-0.1, -0.05) is 70.0 Å². The van der Waals surface area contributed by atoms with Crippen LogP contribution in [0.5, 0.6) is 5.75 Å².